The maximum atomic E-state index is 6.18. The zero-order valence-corrected chi connectivity index (χ0v) is 12.4. The molecule has 0 unspecified atom stereocenters. The lowest BCUT2D eigenvalue weighted by molar-refractivity contribution is 0.0777. The van der Waals surface area contributed by atoms with Crippen LogP contribution in [0.15, 0.2) is 4.99 Å². The SMILES string of the molecule is COCCC1(CN=C(N)N2CCCCCC2)CCC1. The molecule has 1 aliphatic carbocycles. The minimum absolute atomic E-state index is 0.381. The third kappa shape index (κ3) is 4.10. The number of ether oxygens (including phenoxy) is 1. The van der Waals surface area contributed by atoms with E-state index in [-0.39, 0.29) is 0 Å². The smallest absolute Gasteiger partial charge is 0.191 e. The van der Waals surface area contributed by atoms with Crippen molar-refractivity contribution in [1.29, 1.82) is 0 Å². The van der Waals surface area contributed by atoms with E-state index in [1.807, 2.05) is 0 Å². The van der Waals surface area contributed by atoms with Gasteiger partial charge in [-0.25, -0.2) is 0 Å². The Morgan fingerprint density at radius 2 is 1.84 bits per heavy atom. The van der Waals surface area contributed by atoms with Crippen LogP contribution in [0.5, 0.6) is 0 Å². The number of aliphatic imine (C=N–C) groups is 1. The van der Waals surface area contributed by atoms with E-state index in [4.69, 9.17) is 15.5 Å². The van der Waals surface area contributed by atoms with E-state index < -0.39 is 0 Å². The fraction of sp³-hybridized carbons (Fsp3) is 0.933. The Bertz CT molecular complexity index is 292. The standard InChI is InChI=1S/C15H29N3O/c1-19-12-9-15(7-6-8-15)13-17-14(16)18-10-4-2-3-5-11-18/h2-13H2,1H3,(H2,16,17). The van der Waals surface area contributed by atoms with Crippen molar-refractivity contribution in [1.82, 2.24) is 4.90 Å². The van der Waals surface area contributed by atoms with Crippen molar-refractivity contribution in [3.05, 3.63) is 0 Å². The molecule has 4 heteroatoms. The number of methoxy groups -OCH3 is 1. The monoisotopic (exact) mass is 267 g/mol. The van der Waals surface area contributed by atoms with Crippen LogP contribution in [-0.2, 0) is 4.74 Å². The number of guanidine groups is 1. The van der Waals surface area contributed by atoms with Crippen molar-refractivity contribution < 1.29 is 4.74 Å². The number of likely N-dealkylation sites (tertiary alicyclic amines) is 1. The Morgan fingerprint density at radius 3 is 2.37 bits per heavy atom. The van der Waals surface area contributed by atoms with Gasteiger partial charge in [0.25, 0.3) is 0 Å². The van der Waals surface area contributed by atoms with Gasteiger partial charge in [0.2, 0.25) is 0 Å². The van der Waals surface area contributed by atoms with E-state index in [1.165, 1.54) is 44.9 Å². The summed E-state index contributed by atoms with van der Waals surface area (Å²) in [5.74, 6) is 0.769. The van der Waals surface area contributed by atoms with Gasteiger partial charge < -0.3 is 15.4 Å². The van der Waals surface area contributed by atoms with Gasteiger partial charge in [-0.1, -0.05) is 19.3 Å². The fourth-order valence-electron chi connectivity index (χ4n) is 3.13. The molecule has 0 aromatic heterocycles. The summed E-state index contributed by atoms with van der Waals surface area (Å²) < 4.78 is 5.22. The number of hydrogen-bond acceptors (Lipinski definition) is 2. The maximum absolute atomic E-state index is 6.18. The quantitative estimate of drug-likeness (QED) is 0.614. The van der Waals surface area contributed by atoms with Crippen molar-refractivity contribution >= 4 is 5.96 Å². The molecule has 0 spiro atoms. The van der Waals surface area contributed by atoms with Crippen LogP contribution in [0.1, 0.15) is 51.4 Å². The third-order valence-electron chi connectivity index (χ3n) is 4.76. The molecule has 0 bridgehead atoms. The predicted octanol–water partition coefficient (Wildman–Crippen LogP) is 2.38. The first-order valence-corrected chi connectivity index (χ1v) is 7.80. The van der Waals surface area contributed by atoms with Gasteiger partial charge in [-0.3, -0.25) is 4.99 Å². The number of hydrogen-bond donors (Lipinski definition) is 1. The molecule has 1 heterocycles. The van der Waals surface area contributed by atoms with Crippen molar-refractivity contribution in [2.45, 2.75) is 51.4 Å². The molecule has 4 nitrogen and oxygen atoms in total. The highest BCUT2D eigenvalue weighted by Gasteiger charge is 2.36. The Kier molecular flexibility index (Phi) is 5.49. The van der Waals surface area contributed by atoms with Gasteiger partial charge in [-0.2, -0.15) is 0 Å². The second-order valence-electron chi connectivity index (χ2n) is 6.17. The Morgan fingerprint density at radius 1 is 1.16 bits per heavy atom. The molecule has 110 valence electrons. The van der Waals surface area contributed by atoms with E-state index in [0.29, 0.717) is 5.41 Å². The van der Waals surface area contributed by atoms with Gasteiger partial charge in [-0.05, 0) is 37.5 Å². The molecule has 1 saturated carbocycles. The minimum atomic E-state index is 0.381. The van der Waals surface area contributed by atoms with Crippen molar-refractivity contribution in [2.75, 3.05) is 33.4 Å². The van der Waals surface area contributed by atoms with Crippen LogP contribution in [0.2, 0.25) is 0 Å². The van der Waals surface area contributed by atoms with Crippen LogP contribution in [-0.4, -0.2) is 44.2 Å². The van der Waals surface area contributed by atoms with Crippen LogP contribution in [0.4, 0.5) is 0 Å². The first kappa shape index (κ1) is 14.6. The molecule has 2 rings (SSSR count). The van der Waals surface area contributed by atoms with E-state index in [2.05, 4.69) is 4.90 Å². The Labute approximate surface area is 117 Å². The van der Waals surface area contributed by atoms with E-state index in [1.54, 1.807) is 7.11 Å². The summed E-state index contributed by atoms with van der Waals surface area (Å²) >= 11 is 0. The topological polar surface area (TPSA) is 50.9 Å². The lowest BCUT2D eigenvalue weighted by atomic mass is 9.67. The molecule has 0 radical (unpaired) electrons. The minimum Gasteiger partial charge on any atom is -0.385 e. The summed E-state index contributed by atoms with van der Waals surface area (Å²) in [6, 6.07) is 0. The molecule has 1 saturated heterocycles. The Hall–Kier alpha value is -0.770. The number of nitrogens with zero attached hydrogens (tertiary/aromatic N) is 2. The summed E-state index contributed by atoms with van der Waals surface area (Å²) in [7, 11) is 1.78. The number of rotatable bonds is 5. The summed E-state index contributed by atoms with van der Waals surface area (Å²) in [5, 5.41) is 0. The third-order valence-corrected chi connectivity index (χ3v) is 4.76. The molecule has 2 aliphatic rings. The molecule has 0 aromatic carbocycles. The highest BCUT2D eigenvalue weighted by atomic mass is 16.5. The van der Waals surface area contributed by atoms with E-state index in [9.17, 15) is 0 Å². The first-order chi connectivity index (χ1) is 9.26. The second kappa shape index (κ2) is 7.13. The highest BCUT2D eigenvalue weighted by Crippen LogP contribution is 2.44. The van der Waals surface area contributed by atoms with Crippen molar-refractivity contribution in [2.24, 2.45) is 16.1 Å². The fourth-order valence-corrected chi connectivity index (χ4v) is 3.13. The normalized spacial score (nSPS) is 23.8. The summed E-state index contributed by atoms with van der Waals surface area (Å²) in [5.41, 5.74) is 6.56. The zero-order chi connectivity index (χ0) is 13.6. The molecule has 19 heavy (non-hydrogen) atoms. The summed E-state index contributed by atoms with van der Waals surface area (Å²) in [6.45, 7) is 3.90. The molecule has 0 atom stereocenters. The first-order valence-electron chi connectivity index (χ1n) is 7.80. The van der Waals surface area contributed by atoms with Crippen molar-refractivity contribution in [3.63, 3.8) is 0 Å². The average molecular weight is 267 g/mol. The van der Waals surface area contributed by atoms with Crippen LogP contribution in [0.25, 0.3) is 0 Å². The highest BCUT2D eigenvalue weighted by molar-refractivity contribution is 5.78. The lowest BCUT2D eigenvalue weighted by Gasteiger charge is -2.41. The molecular formula is C15H29N3O. The average Bonchev–Trinajstić information content (AvgIpc) is 2.65. The number of nitrogens with two attached hydrogens (primary N) is 1. The Balaban J connectivity index is 1.85. The second-order valence-corrected chi connectivity index (χ2v) is 6.17. The van der Waals surface area contributed by atoms with Gasteiger partial charge in [0, 0.05) is 33.4 Å². The molecule has 2 fully saturated rings. The van der Waals surface area contributed by atoms with Crippen molar-refractivity contribution in [3.8, 4) is 0 Å². The maximum Gasteiger partial charge on any atom is 0.191 e. The zero-order valence-electron chi connectivity index (χ0n) is 12.4. The predicted molar refractivity (Wildman–Crippen MR) is 79.3 cm³/mol. The summed E-state index contributed by atoms with van der Waals surface area (Å²) in [6.07, 6.45) is 10.2. The summed E-state index contributed by atoms with van der Waals surface area (Å²) in [4.78, 5) is 6.97. The lowest BCUT2D eigenvalue weighted by Crippen LogP contribution is -2.40. The van der Waals surface area contributed by atoms with Gasteiger partial charge in [0.15, 0.2) is 5.96 Å². The van der Waals surface area contributed by atoms with Crippen LogP contribution in [0.3, 0.4) is 0 Å². The molecule has 1 aliphatic heterocycles. The van der Waals surface area contributed by atoms with E-state index in [0.717, 1.165) is 38.6 Å². The van der Waals surface area contributed by atoms with Gasteiger partial charge in [0.1, 0.15) is 0 Å². The molecule has 0 amide bonds. The van der Waals surface area contributed by atoms with Gasteiger partial charge in [-0.15, -0.1) is 0 Å². The van der Waals surface area contributed by atoms with Gasteiger partial charge in [0.05, 0.1) is 0 Å². The molecule has 0 aromatic rings. The van der Waals surface area contributed by atoms with Crippen LogP contribution < -0.4 is 5.73 Å². The van der Waals surface area contributed by atoms with Crippen LogP contribution in [0, 0.1) is 5.41 Å². The van der Waals surface area contributed by atoms with Crippen LogP contribution >= 0.6 is 0 Å². The molecular weight excluding hydrogens is 238 g/mol. The largest absolute Gasteiger partial charge is 0.385 e. The van der Waals surface area contributed by atoms with E-state index >= 15 is 0 Å². The molecule has 2 N–H and O–H groups in total. The van der Waals surface area contributed by atoms with Gasteiger partial charge >= 0.3 is 0 Å².